The van der Waals surface area contributed by atoms with Gasteiger partial charge in [-0.05, 0) is 69.5 Å². The van der Waals surface area contributed by atoms with Crippen LogP contribution >= 0.6 is 11.6 Å². The van der Waals surface area contributed by atoms with Gasteiger partial charge in [0.1, 0.15) is 11.2 Å². The van der Waals surface area contributed by atoms with Crippen LogP contribution in [0.25, 0.3) is 66.3 Å². The van der Waals surface area contributed by atoms with Crippen molar-refractivity contribution in [2.24, 2.45) is 0 Å². The summed E-state index contributed by atoms with van der Waals surface area (Å²) in [7, 11) is 0. The van der Waals surface area contributed by atoms with Gasteiger partial charge in [0.2, 0.25) is 5.28 Å². The van der Waals surface area contributed by atoms with Gasteiger partial charge in [-0.15, -0.1) is 0 Å². The highest BCUT2D eigenvalue weighted by Gasteiger charge is 2.14. The number of furan rings is 1. The monoisotopic (exact) mass is 457 g/mol. The molecule has 5 aromatic carbocycles. The molecule has 0 atom stereocenters. The molecular weight excluding hydrogens is 442 g/mol. The Morgan fingerprint density at radius 1 is 0.500 bits per heavy atom. The molecule has 2 heterocycles. The molecule has 7 aromatic rings. The van der Waals surface area contributed by atoms with Crippen molar-refractivity contribution in [2.45, 2.75) is 0 Å². The van der Waals surface area contributed by atoms with Crippen LogP contribution in [0.4, 0.5) is 0 Å². The number of benzene rings is 5. The first-order valence-corrected chi connectivity index (χ1v) is 11.4. The van der Waals surface area contributed by atoms with E-state index in [1.165, 1.54) is 5.39 Å². The third-order valence-electron chi connectivity index (χ3n) is 6.21. The van der Waals surface area contributed by atoms with E-state index in [-0.39, 0.29) is 5.28 Å². The summed E-state index contributed by atoms with van der Waals surface area (Å²) in [4.78, 5) is 13.6. The van der Waals surface area contributed by atoms with Crippen molar-refractivity contribution < 1.29 is 4.42 Å². The lowest BCUT2D eigenvalue weighted by molar-refractivity contribution is 0.669. The molecule has 0 radical (unpaired) electrons. The highest BCUT2D eigenvalue weighted by molar-refractivity contribution is 6.28. The third kappa shape index (κ3) is 3.11. The Balaban J connectivity index is 1.39. The van der Waals surface area contributed by atoms with Gasteiger partial charge < -0.3 is 4.42 Å². The second-order valence-electron chi connectivity index (χ2n) is 8.32. The summed E-state index contributed by atoms with van der Waals surface area (Å²) in [5.41, 5.74) is 3.43. The van der Waals surface area contributed by atoms with E-state index < -0.39 is 0 Å². The second kappa shape index (κ2) is 7.37. The van der Waals surface area contributed by atoms with Gasteiger partial charge in [0.15, 0.2) is 11.6 Å². The van der Waals surface area contributed by atoms with Gasteiger partial charge in [-0.2, -0.15) is 9.97 Å². The molecule has 0 bridgehead atoms. The fourth-order valence-corrected chi connectivity index (χ4v) is 4.70. The van der Waals surface area contributed by atoms with Crippen LogP contribution < -0.4 is 0 Å². The Morgan fingerprint density at radius 2 is 1.09 bits per heavy atom. The first kappa shape index (κ1) is 19.2. The van der Waals surface area contributed by atoms with Crippen LogP contribution in [0.1, 0.15) is 0 Å². The fourth-order valence-electron chi connectivity index (χ4n) is 4.54. The molecule has 160 valence electrons. The zero-order chi connectivity index (χ0) is 22.6. The SMILES string of the molecule is Clc1nc(-c2ccc3ccccc3c2)nc(-c2ccc3oc4cc5ccccc5cc4c3c2)n1. The molecule has 0 N–H and O–H groups in total. The quantitative estimate of drug-likeness (QED) is 0.263. The average molecular weight is 458 g/mol. The number of aromatic nitrogens is 3. The lowest BCUT2D eigenvalue weighted by Crippen LogP contribution is -1.97. The van der Waals surface area contributed by atoms with Crippen LogP contribution in [0.3, 0.4) is 0 Å². The third-order valence-corrected chi connectivity index (χ3v) is 6.38. The second-order valence-corrected chi connectivity index (χ2v) is 8.66. The summed E-state index contributed by atoms with van der Waals surface area (Å²) >= 11 is 6.34. The van der Waals surface area contributed by atoms with Crippen molar-refractivity contribution in [3.63, 3.8) is 0 Å². The van der Waals surface area contributed by atoms with Crippen LogP contribution in [0, 0.1) is 0 Å². The Hall–Kier alpha value is -4.28. The van der Waals surface area contributed by atoms with E-state index in [1.807, 2.05) is 42.5 Å². The van der Waals surface area contributed by atoms with Crippen molar-refractivity contribution in [1.82, 2.24) is 15.0 Å². The molecule has 0 amide bonds. The van der Waals surface area contributed by atoms with Crippen molar-refractivity contribution in [2.75, 3.05) is 0 Å². The number of hydrogen-bond donors (Lipinski definition) is 0. The molecule has 5 heteroatoms. The topological polar surface area (TPSA) is 51.8 Å². The average Bonchev–Trinajstić information content (AvgIpc) is 3.23. The minimum Gasteiger partial charge on any atom is -0.456 e. The van der Waals surface area contributed by atoms with Crippen molar-refractivity contribution in [3.8, 4) is 22.8 Å². The summed E-state index contributed by atoms with van der Waals surface area (Å²) < 4.78 is 6.13. The van der Waals surface area contributed by atoms with Crippen molar-refractivity contribution >= 4 is 55.1 Å². The number of hydrogen-bond acceptors (Lipinski definition) is 4. The number of nitrogens with zero attached hydrogens (tertiary/aromatic N) is 3. The van der Waals surface area contributed by atoms with E-state index in [1.54, 1.807) is 0 Å². The minimum absolute atomic E-state index is 0.163. The predicted octanol–water partition coefficient (Wildman–Crippen LogP) is 8.06. The molecule has 0 aliphatic carbocycles. The van der Waals surface area contributed by atoms with E-state index in [2.05, 4.69) is 64.6 Å². The van der Waals surface area contributed by atoms with Gasteiger partial charge in [0.25, 0.3) is 0 Å². The molecule has 0 spiro atoms. The number of fused-ring (bicyclic) bond motifs is 5. The number of rotatable bonds is 2. The lowest BCUT2D eigenvalue weighted by atomic mass is 10.0. The zero-order valence-corrected chi connectivity index (χ0v) is 18.6. The Bertz CT molecular complexity index is 1890. The summed E-state index contributed by atoms with van der Waals surface area (Å²) in [5.74, 6) is 1.07. The molecule has 0 aliphatic heterocycles. The standard InChI is InChI=1S/C29H16ClN3O/c30-29-32-27(21-10-9-17-5-1-2-6-18(17)13-21)31-28(33-29)22-11-12-25-23(15-22)24-14-19-7-3-4-8-20(19)16-26(24)34-25/h1-16H. The normalized spacial score (nSPS) is 11.7. The summed E-state index contributed by atoms with van der Waals surface area (Å²) in [6, 6.07) is 32.9. The van der Waals surface area contributed by atoms with Gasteiger partial charge in [-0.3, -0.25) is 0 Å². The molecule has 0 fully saturated rings. The zero-order valence-electron chi connectivity index (χ0n) is 17.9. The van der Waals surface area contributed by atoms with Gasteiger partial charge in [0, 0.05) is 21.9 Å². The van der Waals surface area contributed by atoms with E-state index in [4.69, 9.17) is 21.0 Å². The maximum absolute atomic E-state index is 6.34. The van der Waals surface area contributed by atoms with E-state index >= 15 is 0 Å². The van der Waals surface area contributed by atoms with Gasteiger partial charge in [-0.25, -0.2) is 4.98 Å². The molecule has 34 heavy (non-hydrogen) atoms. The molecule has 0 aliphatic rings. The first-order chi connectivity index (χ1) is 16.7. The molecule has 4 nitrogen and oxygen atoms in total. The van der Waals surface area contributed by atoms with Gasteiger partial charge >= 0.3 is 0 Å². The van der Waals surface area contributed by atoms with E-state index in [9.17, 15) is 0 Å². The summed E-state index contributed by atoms with van der Waals surface area (Å²) in [6.45, 7) is 0. The maximum Gasteiger partial charge on any atom is 0.226 e. The molecule has 0 unspecified atom stereocenters. The smallest absolute Gasteiger partial charge is 0.226 e. The van der Waals surface area contributed by atoms with Crippen LogP contribution in [0.15, 0.2) is 101 Å². The van der Waals surface area contributed by atoms with Crippen molar-refractivity contribution in [3.05, 3.63) is 102 Å². The largest absolute Gasteiger partial charge is 0.456 e. The molecule has 2 aromatic heterocycles. The van der Waals surface area contributed by atoms with Gasteiger partial charge in [-0.1, -0.05) is 60.7 Å². The molecule has 0 saturated heterocycles. The molecule has 7 rings (SSSR count). The highest BCUT2D eigenvalue weighted by Crippen LogP contribution is 2.34. The van der Waals surface area contributed by atoms with Crippen LogP contribution in [0.2, 0.25) is 5.28 Å². The molecule has 0 saturated carbocycles. The van der Waals surface area contributed by atoms with Crippen LogP contribution in [-0.2, 0) is 0 Å². The van der Waals surface area contributed by atoms with Crippen LogP contribution in [-0.4, -0.2) is 15.0 Å². The van der Waals surface area contributed by atoms with E-state index in [0.29, 0.717) is 11.6 Å². The minimum atomic E-state index is 0.163. The summed E-state index contributed by atoms with van der Waals surface area (Å²) in [5, 5.41) is 6.85. The van der Waals surface area contributed by atoms with Crippen LogP contribution in [0.5, 0.6) is 0 Å². The Labute approximate surface area is 199 Å². The fraction of sp³-hybridized carbons (Fsp3) is 0. The predicted molar refractivity (Wildman–Crippen MR) is 138 cm³/mol. The highest BCUT2D eigenvalue weighted by atomic mass is 35.5. The Kier molecular flexibility index (Phi) is 4.16. The van der Waals surface area contributed by atoms with Gasteiger partial charge in [0.05, 0.1) is 0 Å². The Morgan fingerprint density at radius 3 is 1.85 bits per heavy atom. The lowest BCUT2D eigenvalue weighted by Gasteiger charge is -2.06. The molecular formula is C29H16ClN3O. The summed E-state index contributed by atoms with van der Waals surface area (Å²) in [6.07, 6.45) is 0. The number of halogens is 1. The van der Waals surface area contributed by atoms with Crippen molar-refractivity contribution in [1.29, 1.82) is 0 Å². The first-order valence-electron chi connectivity index (χ1n) is 11.0. The van der Waals surface area contributed by atoms with E-state index in [0.717, 1.165) is 49.2 Å². The maximum atomic E-state index is 6.34.